The van der Waals surface area contributed by atoms with Crippen molar-refractivity contribution in [3.63, 3.8) is 0 Å². The minimum absolute atomic E-state index is 0.106. The Hall–Kier alpha value is -3.83. The second-order valence-corrected chi connectivity index (χ2v) is 17.7. The van der Waals surface area contributed by atoms with E-state index in [1.807, 2.05) is 41.5 Å². The van der Waals surface area contributed by atoms with Gasteiger partial charge in [0, 0.05) is 0 Å². The summed E-state index contributed by atoms with van der Waals surface area (Å²) in [5.41, 5.74) is 0. The van der Waals surface area contributed by atoms with Gasteiger partial charge in [-0.25, -0.2) is 4.79 Å². The van der Waals surface area contributed by atoms with Crippen LogP contribution in [0.15, 0.2) is 0 Å². The molecule has 0 aromatic rings. The molecule has 6 amide bonds. The lowest BCUT2D eigenvalue weighted by atomic mass is 9.99. The lowest BCUT2D eigenvalue weighted by Crippen LogP contribution is -2.64. The van der Waals surface area contributed by atoms with Gasteiger partial charge in [-0.15, -0.1) is 0 Å². The molecule has 1 rings (SSSR count). The molecule has 1 fully saturated rings. The van der Waals surface area contributed by atoms with E-state index < -0.39 is 103 Å². The van der Waals surface area contributed by atoms with Crippen molar-refractivity contribution in [2.75, 3.05) is 6.61 Å². The van der Waals surface area contributed by atoms with Crippen molar-refractivity contribution >= 4 is 41.4 Å². The molecular formula is C43H78N6O11. The van der Waals surface area contributed by atoms with E-state index in [-0.39, 0.29) is 43.4 Å². The Balaban J connectivity index is 3.38. The smallest absolute Gasteiger partial charge is 0.328 e. The number of aliphatic hydroxyl groups excluding tert-OH is 3. The van der Waals surface area contributed by atoms with Crippen LogP contribution < -0.4 is 31.9 Å². The highest BCUT2D eigenvalue weighted by Crippen LogP contribution is 2.16. The average molecular weight is 855 g/mol. The minimum atomic E-state index is -1.70. The maximum atomic E-state index is 13.9. The Morgan fingerprint density at radius 1 is 0.683 bits per heavy atom. The van der Waals surface area contributed by atoms with Gasteiger partial charge in [0.15, 0.2) is 0 Å². The van der Waals surface area contributed by atoms with Crippen molar-refractivity contribution in [2.24, 2.45) is 17.8 Å². The Labute approximate surface area is 357 Å². The number of ether oxygens (including phenoxy) is 1. The lowest BCUT2D eigenvalue weighted by Gasteiger charge is -2.31. The van der Waals surface area contributed by atoms with Crippen LogP contribution in [0.1, 0.15) is 152 Å². The SMILES string of the molecule is CCCCCCCCCCCC(O)CC(=O)NC(CC(C)C)C(=O)N[C@@H]1C(=O)N[C@H](CO)C(=O)N[C@@H]([C@H](C)O)C(=O)NC(CC(C)C)C(=O)NC(CC(C)C)C(=O)O[C@H]1C. The van der Waals surface area contributed by atoms with Gasteiger partial charge in [0.2, 0.25) is 35.4 Å². The predicted octanol–water partition coefficient (Wildman–Crippen LogP) is 2.02. The zero-order valence-corrected chi connectivity index (χ0v) is 37.6. The van der Waals surface area contributed by atoms with Crippen LogP contribution in [-0.2, 0) is 38.3 Å². The molecular weight excluding hydrogens is 777 g/mol. The van der Waals surface area contributed by atoms with Crippen molar-refractivity contribution in [3.05, 3.63) is 0 Å². The number of nitrogens with one attached hydrogen (secondary N) is 6. The Morgan fingerprint density at radius 2 is 1.20 bits per heavy atom. The highest BCUT2D eigenvalue weighted by molar-refractivity contribution is 5.97. The summed E-state index contributed by atoms with van der Waals surface area (Å²) in [5.74, 6) is -6.47. The summed E-state index contributed by atoms with van der Waals surface area (Å²) in [6, 6.07) is -8.63. The monoisotopic (exact) mass is 855 g/mol. The number of esters is 1. The van der Waals surface area contributed by atoms with Crippen LogP contribution >= 0.6 is 0 Å². The third kappa shape index (κ3) is 21.1. The molecule has 0 aromatic carbocycles. The number of unbranched alkanes of at least 4 members (excludes halogenated alkanes) is 8. The molecule has 0 spiro atoms. The fourth-order valence-corrected chi connectivity index (χ4v) is 6.98. The van der Waals surface area contributed by atoms with Crippen molar-refractivity contribution in [3.8, 4) is 0 Å². The number of aliphatic hydroxyl groups is 3. The topological polar surface area (TPSA) is 262 Å². The van der Waals surface area contributed by atoms with E-state index in [9.17, 15) is 48.9 Å². The van der Waals surface area contributed by atoms with E-state index in [2.05, 4.69) is 38.8 Å². The van der Waals surface area contributed by atoms with Crippen molar-refractivity contribution < 1.29 is 53.6 Å². The van der Waals surface area contributed by atoms with Crippen molar-refractivity contribution in [2.45, 2.75) is 207 Å². The number of cyclic esters (lactones) is 1. The van der Waals surface area contributed by atoms with E-state index in [1.54, 1.807) is 0 Å². The Bertz CT molecular complexity index is 1360. The van der Waals surface area contributed by atoms with Gasteiger partial charge in [0.05, 0.1) is 25.2 Å². The normalized spacial score (nSPS) is 23.9. The first-order chi connectivity index (χ1) is 28.2. The van der Waals surface area contributed by atoms with Crippen LogP contribution in [0.3, 0.4) is 0 Å². The molecule has 0 radical (unpaired) electrons. The fourth-order valence-electron chi connectivity index (χ4n) is 6.98. The largest absolute Gasteiger partial charge is 0.458 e. The van der Waals surface area contributed by atoms with Gasteiger partial charge in [0.1, 0.15) is 42.4 Å². The number of carbonyl (C=O) groups is 7. The molecule has 9 N–H and O–H groups in total. The molecule has 1 heterocycles. The van der Waals surface area contributed by atoms with Crippen LogP contribution in [0.25, 0.3) is 0 Å². The first-order valence-corrected chi connectivity index (χ1v) is 22.2. The molecule has 17 nitrogen and oxygen atoms in total. The molecule has 0 saturated carbocycles. The molecule has 0 aromatic heterocycles. The molecule has 346 valence electrons. The summed E-state index contributed by atoms with van der Waals surface area (Å²) in [6.45, 7) is 14.7. The van der Waals surface area contributed by atoms with Gasteiger partial charge in [0.25, 0.3) is 0 Å². The van der Waals surface area contributed by atoms with Gasteiger partial charge in [-0.3, -0.25) is 28.8 Å². The first kappa shape index (κ1) is 54.2. The molecule has 1 saturated heterocycles. The van der Waals surface area contributed by atoms with Crippen LogP contribution in [0.2, 0.25) is 0 Å². The summed E-state index contributed by atoms with van der Waals surface area (Å²) in [7, 11) is 0. The number of rotatable bonds is 23. The van der Waals surface area contributed by atoms with Crippen molar-refractivity contribution in [1.82, 2.24) is 31.9 Å². The van der Waals surface area contributed by atoms with Gasteiger partial charge in [-0.05, 0) is 57.3 Å². The summed E-state index contributed by atoms with van der Waals surface area (Å²) in [5, 5.41) is 46.4. The number of carbonyl (C=O) groups excluding carboxylic acids is 7. The van der Waals surface area contributed by atoms with Crippen LogP contribution in [0.4, 0.5) is 0 Å². The predicted molar refractivity (Wildman–Crippen MR) is 227 cm³/mol. The van der Waals surface area contributed by atoms with Gasteiger partial charge < -0.3 is 52.0 Å². The summed E-state index contributed by atoms with van der Waals surface area (Å²) in [6.07, 6.45) is 6.73. The zero-order valence-electron chi connectivity index (χ0n) is 37.6. The molecule has 1 aliphatic rings. The molecule has 0 bridgehead atoms. The molecule has 4 unspecified atom stereocenters. The quantitative estimate of drug-likeness (QED) is 0.0531. The van der Waals surface area contributed by atoms with E-state index in [4.69, 9.17) is 4.74 Å². The maximum absolute atomic E-state index is 13.9. The zero-order chi connectivity index (χ0) is 45.5. The van der Waals surface area contributed by atoms with E-state index in [0.29, 0.717) is 6.42 Å². The number of hydrogen-bond donors (Lipinski definition) is 9. The van der Waals surface area contributed by atoms with Gasteiger partial charge >= 0.3 is 5.97 Å². The highest BCUT2D eigenvalue weighted by Gasteiger charge is 2.39. The molecule has 0 aliphatic carbocycles. The van der Waals surface area contributed by atoms with E-state index in [1.165, 1.54) is 46.0 Å². The second kappa shape index (κ2) is 28.7. The van der Waals surface area contributed by atoms with Gasteiger partial charge in [-0.2, -0.15) is 0 Å². The van der Waals surface area contributed by atoms with E-state index >= 15 is 0 Å². The maximum Gasteiger partial charge on any atom is 0.328 e. The molecule has 60 heavy (non-hydrogen) atoms. The summed E-state index contributed by atoms with van der Waals surface area (Å²) in [4.78, 5) is 95.2. The second-order valence-electron chi connectivity index (χ2n) is 17.7. The average Bonchev–Trinajstić information content (AvgIpc) is 3.14. The highest BCUT2D eigenvalue weighted by atomic mass is 16.5. The van der Waals surface area contributed by atoms with Crippen molar-refractivity contribution in [1.29, 1.82) is 0 Å². The van der Waals surface area contributed by atoms with Crippen LogP contribution in [0.5, 0.6) is 0 Å². The lowest BCUT2D eigenvalue weighted by molar-refractivity contribution is -0.156. The van der Waals surface area contributed by atoms with Crippen LogP contribution in [-0.4, -0.2) is 118 Å². The minimum Gasteiger partial charge on any atom is -0.458 e. The number of amides is 6. The summed E-state index contributed by atoms with van der Waals surface area (Å²) < 4.78 is 5.72. The first-order valence-electron chi connectivity index (χ1n) is 22.2. The molecule has 17 heteroatoms. The summed E-state index contributed by atoms with van der Waals surface area (Å²) >= 11 is 0. The fraction of sp³-hybridized carbons (Fsp3) is 0.837. The van der Waals surface area contributed by atoms with Crippen LogP contribution in [0, 0.1) is 17.8 Å². The Kier molecular flexibility index (Phi) is 25.9. The molecule has 1 aliphatic heterocycles. The van der Waals surface area contributed by atoms with Gasteiger partial charge in [-0.1, -0.05) is 106 Å². The Morgan fingerprint density at radius 3 is 1.73 bits per heavy atom. The third-order valence-corrected chi connectivity index (χ3v) is 10.3. The standard InChI is InChI=1S/C43H78N6O11/c1-10-11-12-13-14-15-16-17-18-19-30(52)23-35(53)44-31(20-25(2)3)39(55)49-37-29(9)60-43(59)33(22-27(6)7)46-38(54)32(21-26(4)5)45-41(57)36(28(8)51)48-40(56)34(24-50)47-42(37)58/h25-34,36-37,50-52H,10-24H2,1-9H3,(H,44,53)(H,45,57)(H,46,54)(H,47,58)(H,48,56)(H,49,55)/t28-,29-,30?,31?,32?,33?,34+,36-,37-/m0/s1. The third-order valence-electron chi connectivity index (χ3n) is 10.3. The van der Waals surface area contributed by atoms with E-state index in [0.717, 1.165) is 25.7 Å². The number of hydrogen-bond acceptors (Lipinski definition) is 11. The molecule has 9 atom stereocenters.